The molecule has 0 spiro atoms. The molecule has 18 heteroatoms. The Morgan fingerprint density at radius 2 is 1.19 bits per heavy atom. The van der Waals surface area contributed by atoms with E-state index in [-0.39, 0.29) is 11.5 Å². The van der Waals surface area contributed by atoms with Gasteiger partial charge in [0.2, 0.25) is 5.79 Å². The number of hydrogen-bond donors (Lipinski definition) is 15. The molecule has 234 valence electrons. The van der Waals surface area contributed by atoms with Gasteiger partial charge in [-0.15, -0.1) is 4.90 Å². The number of nitrogens with zero attached hydrogens (tertiary/aromatic N) is 1. The first-order chi connectivity index (χ1) is 18.9. The normalized spacial score (nSPS) is 28.6. The average molecular weight is 606 g/mol. The van der Waals surface area contributed by atoms with Gasteiger partial charge >= 0.3 is 0 Å². The number of ether oxygens (including phenoxy) is 2. The number of fused-ring (bicyclic) bond motifs is 1. The number of methoxy groups -OCH3 is 2. The third-order valence-corrected chi connectivity index (χ3v) is 7.99. The van der Waals surface area contributed by atoms with E-state index in [1.54, 1.807) is 0 Å². The van der Waals surface area contributed by atoms with Gasteiger partial charge in [0, 0.05) is 17.5 Å². The van der Waals surface area contributed by atoms with Crippen LogP contribution in [0.15, 0.2) is 42.5 Å². The van der Waals surface area contributed by atoms with Gasteiger partial charge in [0.15, 0.2) is 22.7 Å². The van der Waals surface area contributed by atoms with Crippen molar-refractivity contribution in [2.45, 2.75) is 58.8 Å². The molecule has 2 unspecified atom stereocenters. The highest BCUT2D eigenvalue weighted by Crippen LogP contribution is 2.61. The van der Waals surface area contributed by atoms with Crippen LogP contribution in [0.1, 0.15) is 29.2 Å². The van der Waals surface area contributed by atoms with Gasteiger partial charge in [-0.3, -0.25) is 0 Å². The first-order valence-corrected chi connectivity index (χ1v) is 11.9. The zero-order chi connectivity index (χ0) is 32.1. The Kier molecular flexibility index (Phi) is 7.08. The second-order valence-electron chi connectivity index (χ2n) is 10.3. The molecule has 2 aromatic carbocycles. The molecule has 0 radical (unpaired) electrons. The SMILES string of the molecule is COc1cc2c(cc1OC)C(O)(O)C(O)(CC1(O)C(O)(O)C(O)(O)N(C(O)(O)c3ccccc3)C(O)(O)C1(O)O)C2O. The maximum Gasteiger partial charge on any atom is 0.294 e. The molecule has 1 aliphatic carbocycles. The summed E-state index contributed by atoms with van der Waals surface area (Å²) >= 11 is 0. The van der Waals surface area contributed by atoms with Crippen LogP contribution in [0, 0.1) is 0 Å². The highest BCUT2D eigenvalue weighted by atomic mass is 16.7. The summed E-state index contributed by atoms with van der Waals surface area (Å²) in [6, 6.07) is 7.02. The Bertz CT molecular complexity index is 1330. The fraction of sp³-hybridized carbons (Fsp3) is 0.500. The minimum absolute atomic E-state index is 0.141. The summed E-state index contributed by atoms with van der Waals surface area (Å²) in [5, 5.41) is 164. The van der Waals surface area contributed by atoms with Gasteiger partial charge in [-0.1, -0.05) is 30.3 Å². The van der Waals surface area contributed by atoms with Crippen molar-refractivity contribution < 1.29 is 86.1 Å². The van der Waals surface area contributed by atoms with E-state index in [2.05, 4.69) is 0 Å². The van der Waals surface area contributed by atoms with Crippen LogP contribution in [0.4, 0.5) is 0 Å². The molecule has 18 nitrogen and oxygen atoms in total. The van der Waals surface area contributed by atoms with Crippen molar-refractivity contribution in [2.24, 2.45) is 0 Å². The van der Waals surface area contributed by atoms with Crippen LogP contribution < -0.4 is 9.47 Å². The van der Waals surface area contributed by atoms with Gasteiger partial charge in [-0.05, 0) is 17.7 Å². The van der Waals surface area contributed by atoms with Crippen LogP contribution in [0.5, 0.6) is 11.5 Å². The van der Waals surface area contributed by atoms with Crippen molar-refractivity contribution in [1.29, 1.82) is 0 Å². The van der Waals surface area contributed by atoms with E-state index in [1.807, 2.05) is 0 Å². The molecule has 2 atom stereocenters. The van der Waals surface area contributed by atoms with E-state index in [9.17, 15) is 76.6 Å². The van der Waals surface area contributed by atoms with Gasteiger partial charge in [0.25, 0.3) is 29.3 Å². The Labute approximate surface area is 235 Å². The largest absolute Gasteiger partial charge is 0.493 e. The molecule has 15 N–H and O–H groups in total. The lowest BCUT2D eigenvalue weighted by molar-refractivity contribution is -0.630. The van der Waals surface area contributed by atoms with Crippen LogP contribution in [-0.4, -0.2) is 130 Å². The smallest absolute Gasteiger partial charge is 0.294 e. The lowest BCUT2D eigenvalue weighted by Gasteiger charge is -2.65. The molecule has 2 aliphatic rings. The molecule has 1 aliphatic heterocycles. The van der Waals surface area contributed by atoms with Crippen LogP contribution in [-0.2, 0) is 11.7 Å². The molecule has 1 saturated heterocycles. The maximum absolute atomic E-state index is 11.4. The summed E-state index contributed by atoms with van der Waals surface area (Å²) in [5.74, 6) is -28.1. The minimum Gasteiger partial charge on any atom is -0.493 e. The van der Waals surface area contributed by atoms with Crippen LogP contribution in [0.25, 0.3) is 0 Å². The quantitative estimate of drug-likeness (QED) is 0.136. The predicted molar refractivity (Wildman–Crippen MR) is 128 cm³/mol. The molecule has 0 bridgehead atoms. The van der Waals surface area contributed by atoms with Crippen LogP contribution >= 0.6 is 0 Å². The van der Waals surface area contributed by atoms with E-state index in [0.717, 1.165) is 50.6 Å². The Balaban J connectivity index is 1.92. The van der Waals surface area contributed by atoms with Crippen molar-refractivity contribution >= 4 is 0 Å². The summed E-state index contributed by atoms with van der Waals surface area (Å²) in [6.07, 6.45) is -4.93. The molecule has 0 saturated carbocycles. The van der Waals surface area contributed by atoms with Gasteiger partial charge < -0.3 is 86.1 Å². The molecule has 1 heterocycles. The van der Waals surface area contributed by atoms with Gasteiger partial charge in [0.1, 0.15) is 6.10 Å². The van der Waals surface area contributed by atoms with Crippen molar-refractivity contribution in [2.75, 3.05) is 14.2 Å². The van der Waals surface area contributed by atoms with Gasteiger partial charge in [-0.25, -0.2) is 0 Å². The first kappa shape index (κ1) is 32.3. The topological polar surface area (TPSA) is 325 Å². The number of piperidine rings is 1. The number of hydrogen-bond acceptors (Lipinski definition) is 18. The highest BCUT2D eigenvalue weighted by molar-refractivity contribution is 5.54. The number of aliphatic hydroxyl groups excluding tert-OH is 1. The Hall–Kier alpha value is -2.60. The molecule has 1 fully saturated rings. The summed E-state index contributed by atoms with van der Waals surface area (Å²) in [5.41, 5.74) is -10.7. The predicted octanol–water partition coefficient (Wildman–Crippen LogP) is -6.51. The van der Waals surface area contributed by atoms with E-state index < -0.39 is 80.4 Å². The Morgan fingerprint density at radius 1 is 0.738 bits per heavy atom. The number of aliphatic hydroxyl groups is 15. The molecule has 42 heavy (non-hydrogen) atoms. The third-order valence-electron chi connectivity index (χ3n) is 7.99. The summed E-state index contributed by atoms with van der Waals surface area (Å²) in [6.45, 7) is 0. The molecule has 4 rings (SSSR count). The number of benzene rings is 2. The van der Waals surface area contributed by atoms with E-state index in [4.69, 9.17) is 9.47 Å². The number of likely N-dealkylation sites (tertiary alicyclic amines) is 1. The monoisotopic (exact) mass is 605 g/mol. The van der Waals surface area contributed by atoms with E-state index >= 15 is 0 Å². The standard InChI is InChI=1S/C24H31NO17/c1-41-14-8-12-13(9-15(14)42-2)19(29,30)17(27,16(12)26)10-18(28)21(33,34)23(37,38)25(24(39,40)22(18,35)36)20(31,32)11-6-4-3-5-7-11/h3-9,16,26-40H,10H2,1-2H3. The zero-order valence-electron chi connectivity index (χ0n) is 21.8. The summed E-state index contributed by atoms with van der Waals surface area (Å²) in [7, 11) is 2.29. The highest BCUT2D eigenvalue weighted by Gasteiger charge is 2.88. The van der Waals surface area contributed by atoms with Crippen molar-refractivity contribution in [3.63, 3.8) is 0 Å². The minimum atomic E-state index is -5.00. The summed E-state index contributed by atoms with van der Waals surface area (Å²) in [4.78, 5) is -1.22. The lowest BCUT2D eigenvalue weighted by atomic mass is 9.66. The molecule has 0 aromatic heterocycles. The molecule has 2 aromatic rings. The third kappa shape index (κ3) is 3.66. The first-order valence-electron chi connectivity index (χ1n) is 11.9. The zero-order valence-corrected chi connectivity index (χ0v) is 21.8. The fourth-order valence-corrected chi connectivity index (χ4v) is 5.51. The van der Waals surface area contributed by atoms with Crippen LogP contribution in [0.3, 0.4) is 0 Å². The number of rotatable bonds is 6. The van der Waals surface area contributed by atoms with E-state index in [1.165, 1.54) is 6.07 Å². The van der Waals surface area contributed by atoms with Crippen molar-refractivity contribution in [3.05, 3.63) is 59.2 Å². The van der Waals surface area contributed by atoms with Crippen LogP contribution in [0.2, 0.25) is 0 Å². The average Bonchev–Trinajstić information content (AvgIpc) is 3.03. The van der Waals surface area contributed by atoms with Crippen molar-refractivity contribution in [1.82, 2.24) is 4.90 Å². The van der Waals surface area contributed by atoms with Crippen molar-refractivity contribution in [3.8, 4) is 11.5 Å². The molecular weight excluding hydrogens is 574 g/mol. The molecular formula is C24H31NO17. The Morgan fingerprint density at radius 3 is 1.64 bits per heavy atom. The van der Waals surface area contributed by atoms with Gasteiger partial charge in [0.05, 0.1) is 14.2 Å². The summed E-state index contributed by atoms with van der Waals surface area (Å²) < 4.78 is 10.1. The second kappa shape index (κ2) is 9.20. The molecule has 0 amide bonds. The fourth-order valence-electron chi connectivity index (χ4n) is 5.51. The van der Waals surface area contributed by atoms with E-state index in [0.29, 0.717) is 0 Å². The maximum atomic E-state index is 11.4. The second-order valence-corrected chi connectivity index (χ2v) is 10.3. The van der Waals surface area contributed by atoms with Gasteiger partial charge in [-0.2, -0.15) is 0 Å². The lowest BCUT2D eigenvalue weighted by Crippen LogP contribution is -2.95.